The van der Waals surface area contributed by atoms with E-state index in [1.807, 2.05) is 11.8 Å². The van der Waals surface area contributed by atoms with Crippen molar-refractivity contribution in [1.29, 1.82) is 0 Å². The summed E-state index contributed by atoms with van der Waals surface area (Å²) in [6, 6.07) is 1.32. The zero-order valence-electron chi connectivity index (χ0n) is 9.06. The predicted octanol–water partition coefficient (Wildman–Crippen LogP) is 2.81. The summed E-state index contributed by atoms with van der Waals surface area (Å²) >= 11 is 7.87. The molecule has 0 aromatic carbocycles. The summed E-state index contributed by atoms with van der Waals surface area (Å²) in [5.41, 5.74) is -0.0861. The summed E-state index contributed by atoms with van der Waals surface area (Å²) in [6.45, 7) is 0.817. The Bertz CT molecular complexity index is 424. The Labute approximate surface area is 108 Å². The number of nitrogens with one attached hydrogen (secondary N) is 1. The van der Waals surface area contributed by atoms with Gasteiger partial charge in [0, 0.05) is 12.6 Å². The van der Waals surface area contributed by atoms with E-state index in [-0.39, 0.29) is 5.69 Å². The van der Waals surface area contributed by atoms with E-state index in [1.54, 1.807) is 0 Å². The lowest BCUT2D eigenvalue weighted by atomic mass is 10.1. The van der Waals surface area contributed by atoms with E-state index >= 15 is 0 Å². The molecule has 1 aromatic heterocycles. The molecule has 1 atom stereocenters. The fraction of sp³-hybridized carbons (Fsp3) is 0.500. The van der Waals surface area contributed by atoms with Gasteiger partial charge in [-0.05, 0) is 23.8 Å². The lowest BCUT2D eigenvalue weighted by Crippen LogP contribution is -2.14. The van der Waals surface area contributed by atoms with Gasteiger partial charge in [0.2, 0.25) is 0 Å². The van der Waals surface area contributed by atoms with Crippen molar-refractivity contribution in [2.45, 2.75) is 6.42 Å². The zero-order chi connectivity index (χ0) is 12.3. The van der Waals surface area contributed by atoms with Crippen molar-refractivity contribution in [3.8, 4) is 0 Å². The highest BCUT2D eigenvalue weighted by Crippen LogP contribution is 2.26. The van der Waals surface area contributed by atoms with Gasteiger partial charge < -0.3 is 5.32 Å². The van der Waals surface area contributed by atoms with E-state index < -0.39 is 4.92 Å². The van der Waals surface area contributed by atoms with Crippen molar-refractivity contribution in [1.82, 2.24) is 4.98 Å². The smallest absolute Gasteiger partial charge is 0.289 e. The Hall–Kier alpha value is -1.01. The number of pyridine rings is 1. The van der Waals surface area contributed by atoms with Crippen LogP contribution in [-0.4, -0.2) is 28.0 Å². The minimum atomic E-state index is -0.504. The van der Waals surface area contributed by atoms with Crippen molar-refractivity contribution in [2.24, 2.45) is 5.92 Å². The topological polar surface area (TPSA) is 68.1 Å². The minimum Gasteiger partial charge on any atom is -0.369 e. The summed E-state index contributed by atoms with van der Waals surface area (Å²) < 4.78 is 0. The second-order valence-electron chi connectivity index (χ2n) is 3.89. The molecule has 0 radical (unpaired) electrons. The van der Waals surface area contributed by atoms with Gasteiger partial charge in [-0.15, -0.1) is 0 Å². The number of nitro groups is 1. The Morgan fingerprint density at radius 3 is 3.12 bits per heavy atom. The molecule has 92 valence electrons. The summed E-state index contributed by atoms with van der Waals surface area (Å²) in [5, 5.41) is 14.0. The first-order valence-electron chi connectivity index (χ1n) is 5.28. The predicted molar refractivity (Wildman–Crippen MR) is 69.8 cm³/mol. The van der Waals surface area contributed by atoms with Crippen LogP contribution >= 0.6 is 23.4 Å². The van der Waals surface area contributed by atoms with Crippen molar-refractivity contribution < 1.29 is 4.92 Å². The maximum atomic E-state index is 10.5. The number of rotatable bonds is 4. The fourth-order valence-electron chi connectivity index (χ4n) is 1.64. The summed E-state index contributed by atoms with van der Waals surface area (Å²) in [5.74, 6) is 3.51. The molecule has 0 saturated carbocycles. The highest BCUT2D eigenvalue weighted by molar-refractivity contribution is 7.99. The quantitative estimate of drug-likeness (QED) is 0.675. The molecule has 1 unspecified atom stereocenters. The van der Waals surface area contributed by atoms with Crippen LogP contribution in [-0.2, 0) is 0 Å². The first-order chi connectivity index (χ1) is 8.16. The van der Waals surface area contributed by atoms with Crippen molar-refractivity contribution >= 4 is 34.9 Å². The lowest BCUT2D eigenvalue weighted by molar-refractivity contribution is -0.385. The van der Waals surface area contributed by atoms with Crippen molar-refractivity contribution in [2.75, 3.05) is 23.4 Å². The molecule has 1 aliphatic rings. The van der Waals surface area contributed by atoms with Gasteiger partial charge in [-0.3, -0.25) is 10.1 Å². The minimum absolute atomic E-state index is 0.0861. The number of aromatic nitrogens is 1. The van der Waals surface area contributed by atoms with E-state index in [4.69, 9.17) is 11.6 Å². The molecule has 0 bridgehead atoms. The van der Waals surface area contributed by atoms with Crippen LogP contribution in [0.25, 0.3) is 0 Å². The highest BCUT2D eigenvalue weighted by Gasteiger charge is 2.16. The molecular weight excluding hydrogens is 262 g/mol. The molecule has 0 aliphatic carbocycles. The third-order valence-electron chi connectivity index (χ3n) is 2.62. The second-order valence-corrected chi connectivity index (χ2v) is 5.45. The number of hydrogen-bond donors (Lipinski definition) is 1. The Kier molecular flexibility index (Phi) is 4.06. The monoisotopic (exact) mass is 273 g/mol. The van der Waals surface area contributed by atoms with Crippen LogP contribution in [0.15, 0.2) is 12.3 Å². The van der Waals surface area contributed by atoms with Gasteiger partial charge in [-0.1, -0.05) is 11.6 Å². The average molecular weight is 274 g/mol. The van der Waals surface area contributed by atoms with Crippen molar-refractivity contribution in [3.63, 3.8) is 0 Å². The van der Waals surface area contributed by atoms with Crippen LogP contribution in [0.1, 0.15) is 6.42 Å². The first-order valence-corrected chi connectivity index (χ1v) is 6.81. The van der Waals surface area contributed by atoms with Crippen LogP contribution in [0.3, 0.4) is 0 Å². The number of nitrogens with zero attached hydrogens (tertiary/aromatic N) is 2. The molecule has 2 heterocycles. The molecule has 1 N–H and O–H groups in total. The third kappa shape index (κ3) is 3.23. The van der Waals surface area contributed by atoms with Gasteiger partial charge in [0.25, 0.3) is 5.69 Å². The fourth-order valence-corrected chi connectivity index (χ4v) is 3.15. The van der Waals surface area contributed by atoms with Crippen LogP contribution in [0, 0.1) is 16.0 Å². The second kappa shape index (κ2) is 5.55. The average Bonchev–Trinajstić information content (AvgIpc) is 2.80. The zero-order valence-corrected chi connectivity index (χ0v) is 10.6. The summed E-state index contributed by atoms with van der Waals surface area (Å²) in [6.07, 6.45) is 2.42. The van der Waals surface area contributed by atoms with Gasteiger partial charge in [-0.25, -0.2) is 4.98 Å². The van der Waals surface area contributed by atoms with E-state index in [1.165, 1.54) is 24.4 Å². The molecular formula is C10H12ClN3O2S. The van der Waals surface area contributed by atoms with Gasteiger partial charge in [0.05, 0.1) is 9.95 Å². The third-order valence-corrected chi connectivity index (χ3v) is 4.14. The molecule has 5 nitrogen and oxygen atoms in total. The van der Waals surface area contributed by atoms with E-state index in [0.29, 0.717) is 16.8 Å². The molecule has 1 saturated heterocycles. The SMILES string of the molecule is O=[N+]([O-])c1cnc(NCC2CCSC2)c(Cl)c1. The van der Waals surface area contributed by atoms with Gasteiger partial charge in [0.15, 0.2) is 0 Å². The van der Waals surface area contributed by atoms with Crippen LogP contribution in [0.4, 0.5) is 11.5 Å². The van der Waals surface area contributed by atoms with Gasteiger partial charge >= 0.3 is 0 Å². The standard InChI is InChI=1S/C10H12ClN3O2S/c11-9-3-8(14(15)16)5-13-10(9)12-4-7-1-2-17-6-7/h3,5,7H,1-2,4,6H2,(H,12,13). The maximum Gasteiger partial charge on any atom is 0.289 e. The Balaban J connectivity index is 1.98. The molecule has 0 amide bonds. The van der Waals surface area contributed by atoms with Gasteiger partial charge in [0.1, 0.15) is 12.0 Å². The van der Waals surface area contributed by atoms with Crippen molar-refractivity contribution in [3.05, 3.63) is 27.4 Å². The summed E-state index contributed by atoms with van der Waals surface area (Å²) in [4.78, 5) is 14.0. The molecule has 2 rings (SSSR count). The van der Waals surface area contributed by atoms with Crippen LogP contribution in [0.5, 0.6) is 0 Å². The Morgan fingerprint density at radius 1 is 1.71 bits per heavy atom. The molecule has 17 heavy (non-hydrogen) atoms. The van der Waals surface area contributed by atoms with Crippen LogP contribution < -0.4 is 5.32 Å². The van der Waals surface area contributed by atoms with Crippen LogP contribution in [0.2, 0.25) is 5.02 Å². The molecule has 0 spiro atoms. The van der Waals surface area contributed by atoms with E-state index in [9.17, 15) is 10.1 Å². The first kappa shape index (κ1) is 12.4. The summed E-state index contributed by atoms with van der Waals surface area (Å²) in [7, 11) is 0. The number of hydrogen-bond acceptors (Lipinski definition) is 5. The number of halogens is 1. The highest BCUT2D eigenvalue weighted by atomic mass is 35.5. The molecule has 1 aliphatic heterocycles. The number of thioether (sulfide) groups is 1. The molecule has 1 aromatic rings. The molecule has 7 heteroatoms. The van der Waals surface area contributed by atoms with E-state index in [0.717, 1.165) is 12.3 Å². The van der Waals surface area contributed by atoms with Gasteiger partial charge in [-0.2, -0.15) is 11.8 Å². The lowest BCUT2D eigenvalue weighted by Gasteiger charge is -2.11. The normalized spacial score (nSPS) is 19.2. The number of anilines is 1. The Morgan fingerprint density at radius 2 is 2.53 bits per heavy atom. The van der Waals surface area contributed by atoms with E-state index in [2.05, 4.69) is 10.3 Å². The maximum absolute atomic E-state index is 10.5. The largest absolute Gasteiger partial charge is 0.369 e. The molecule has 1 fully saturated rings.